The second kappa shape index (κ2) is 8.69. The van der Waals surface area contributed by atoms with Gasteiger partial charge in [0, 0.05) is 22.7 Å². The molecule has 0 saturated carbocycles. The van der Waals surface area contributed by atoms with E-state index in [-0.39, 0.29) is 23.8 Å². The molecule has 1 heterocycles. The maximum absolute atomic E-state index is 12.6. The largest absolute Gasteiger partial charge is 0.345 e. The van der Waals surface area contributed by atoms with Gasteiger partial charge in [-0.1, -0.05) is 84.3 Å². The zero-order valence-corrected chi connectivity index (χ0v) is 17.9. The van der Waals surface area contributed by atoms with Crippen molar-refractivity contribution in [1.82, 2.24) is 15.5 Å². The molecule has 3 aromatic rings. The molecule has 0 fully saturated rings. The van der Waals surface area contributed by atoms with Crippen LogP contribution in [0.3, 0.4) is 0 Å². The summed E-state index contributed by atoms with van der Waals surface area (Å²) in [4.78, 5) is 17.0. The number of nitrogens with zero attached hydrogens (tertiary/aromatic N) is 2. The van der Waals surface area contributed by atoms with Crippen molar-refractivity contribution in [2.24, 2.45) is 0 Å². The van der Waals surface area contributed by atoms with Crippen LogP contribution in [0.4, 0.5) is 0 Å². The molecule has 0 radical (unpaired) electrons. The smallest absolute Gasteiger partial charge is 0.227 e. The van der Waals surface area contributed by atoms with Crippen molar-refractivity contribution >= 4 is 21.8 Å². The minimum Gasteiger partial charge on any atom is -0.345 e. The minimum atomic E-state index is -0.213. The third-order valence-electron chi connectivity index (χ3n) is 4.35. The molecule has 28 heavy (non-hydrogen) atoms. The van der Waals surface area contributed by atoms with Gasteiger partial charge in [0.05, 0.1) is 6.04 Å². The third kappa shape index (κ3) is 5.29. The van der Waals surface area contributed by atoms with Crippen LogP contribution >= 0.6 is 15.9 Å². The summed E-state index contributed by atoms with van der Waals surface area (Å²) in [5.74, 6) is 1.08. The number of carbonyl (C=O) groups excluding carboxylic acids is 1. The maximum atomic E-state index is 12.6. The highest BCUT2D eigenvalue weighted by molar-refractivity contribution is 9.10. The Morgan fingerprint density at radius 1 is 1.07 bits per heavy atom. The van der Waals surface area contributed by atoms with Gasteiger partial charge in [-0.25, -0.2) is 0 Å². The van der Waals surface area contributed by atoms with Crippen LogP contribution in [0.1, 0.15) is 56.1 Å². The fourth-order valence-electron chi connectivity index (χ4n) is 2.77. The Labute approximate surface area is 173 Å². The van der Waals surface area contributed by atoms with Crippen LogP contribution in [0.15, 0.2) is 63.6 Å². The summed E-state index contributed by atoms with van der Waals surface area (Å²) >= 11 is 3.46. The fraction of sp³-hybridized carbons (Fsp3) is 0.318. The van der Waals surface area contributed by atoms with E-state index in [1.807, 2.05) is 75.4 Å². The molecule has 2 aromatic carbocycles. The van der Waals surface area contributed by atoms with Crippen LogP contribution in [0.25, 0.3) is 0 Å². The Kier molecular flexibility index (Phi) is 6.29. The molecule has 1 amide bonds. The summed E-state index contributed by atoms with van der Waals surface area (Å²) in [6.45, 7) is 6.07. The van der Waals surface area contributed by atoms with E-state index in [0.29, 0.717) is 18.1 Å². The first kappa shape index (κ1) is 20.3. The van der Waals surface area contributed by atoms with Gasteiger partial charge in [-0.2, -0.15) is 4.98 Å². The number of amides is 1. The summed E-state index contributed by atoms with van der Waals surface area (Å²) in [6, 6.07) is 17.7. The Morgan fingerprint density at radius 2 is 1.71 bits per heavy atom. The molecule has 1 atom stereocenters. The normalized spacial score (nSPS) is 12.6. The predicted octanol–water partition coefficient (Wildman–Crippen LogP) is 4.97. The Bertz CT molecular complexity index is 915. The fourth-order valence-corrected chi connectivity index (χ4v) is 3.04. The number of aromatic nitrogens is 2. The second-order valence-electron chi connectivity index (χ2n) is 7.72. The first-order chi connectivity index (χ1) is 13.3. The first-order valence-electron chi connectivity index (χ1n) is 9.26. The molecule has 0 aliphatic carbocycles. The molecule has 6 heteroatoms. The number of carbonyl (C=O) groups is 1. The SMILES string of the molecule is CC(C)(C)c1noc(CCC(=O)NC(c2ccccc2)c2ccc(Br)cc2)n1. The number of nitrogens with one attached hydrogen (secondary N) is 1. The molecule has 0 bridgehead atoms. The number of aryl methyl sites for hydroxylation is 1. The van der Waals surface area contributed by atoms with Gasteiger partial charge in [0.15, 0.2) is 5.82 Å². The van der Waals surface area contributed by atoms with Crippen molar-refractivity contribution in [2.75, 3.05) is 0 Å². The van der Waals surface area contributed by atoms with E-state index in [2.05, 4.69) is 31.4 Å². The van der Waals surface area contributed by atoms with Gasteiger partial charge in [-0.3, -0.25) is 4.79 Å². The predicted molar refractivity (Wildman–Crippen MR) is 112 cm³/mol. The van der Waals surface area contributed by atoms with Crippen molar-refractivity contribution in [3.8, 4) is 0 Å². The van der Waals surface area contributed by atoms with Crippen LogP contribution in [0, 0.1) is 0 Å². The highest BCUT2D eigenvalue weighted by Crippen LogP contribution is 2.24. The van der Waals surface area contributed by atoms with E-state index < -0.39 is 0 Å². The maximum Gasteiger partial charge on any atom is 0.227 e. The van der Waals surface area contributed by atoms with Gasteiger partial charge in [-0.15, -0.1) is 0 Å². The lowest BCUT2D eigenvalue weighted by atomic mass is 9.96. The molecule has 0 aliphatic rings. The van der Waals surface area contributed by atoms with Gasteiger partial charge in [0.2, 0.25) is 11.8 Å². The van der Waals surface area contributed by atoms with E-state index in [9.17, 15) is 4.79 Å². The van der Waals surface area contributed by atoms with E-state index >= 15 is 0 Å². The van der Waals surface area contributed by atoms with Crippen LogP contribution in [-0.2, 0) is 16.6 Å². The summed E-state index contributed by atoms with van der Waals surface area (Å²) < 4.78 is 6.28. The quantitative estimate of drug-likeness (QED) is 0.586. The summed E-state index contributed by atoms with van der Waals surface area (Å²) in [7, 11) is 0. The van der Waals surface area contributed by atoms with Crippen LogP contribution < -0.4 is 5.32 Å². The molecule has 0 aliphatic heterocycles. The van der Waals surface area contributed by atoms with Gasteiger partial charge in [0.25, 0.3) is 0 Å². The molecule has 1 unspecified atom stereocenters. The second-order valence-corrected chi connectivity index (χ2v) is 8.64. The van der Waals surface area contributed by atoms with Gasteiger partial charge < -0.3 is 9.84 Å². The molecule has 146 valence electrons. The molecular formula is C22H24BrN3O2. The molecule has 0 spiro atoms. The van der Waals surface area contributed by atoms with Crippen LogP contribution in [0.5, 0.6) is 0 Å². The number of hydrogen-bond acceptors (Lipinski definition) is 4. The summed E-state index contributed by atoms with van der Waals surface area (Å²) in [5, 5.41) is 7.14. The van der Waals surface area contributed by atoms with Gasteiger partial charge in [-0.05, 0) is 23.3 Å². The Balaban J connectivity index is 1.69. The van der Waals surface area contributed by atoms with E-state index in [4.69, 9.17) is 4.52 Å². The zero-order valence-electron chi connectivity index (χ0n) is 16.3. The van der Waals surface area contributed by atoms with Gasteiger partial charge in [0.1, 0.15) is 0 Å². The van der Waals surface area contributed by atoms with Crippen LogP contribution in [0.2, 0.25) is 0 Å². The molecule has 3 rings (SSSR count). The molecule has 1 aromatic heterocycles. The zero-order chi connectivity index (χ0) is 20.1. The van der Waals surface area contributed by atoms with Crippen molar-refractivity contribution < 1.29 is 9.32 Å². The standard InChI is InChI=1S/C22H24BrN3O2/c1-22(2,3)21-25-19(28-26-21)14-13-18(27)24-20(15-7-5-4-6-8-15)16-9-11-17(23)12-10-16/h4-12,20H,13-14H2,1-3H3,(H,24,27). The molecule has 1 N–H and O–H groups in total. The Morgan fingerprint density at radius 3 is 2.32 bits per heavy atom. The number of rotatable bonds is 6. The number of benzene rings is 2. The van der Waals surface area contributed by atoms with Crippen molar-refractivity contribution in [3.63, 3.8) is 0 Å². The summed E-state index contributed by atoms with van der Waals surface area (Å²) in [6.07, 6.45) is 0.697. The first-order valence-corrected chi connectivity index (χ1v) is 10.0. The van der Waals surface area contributed by atoms with Crippen molar-refractivity contribution in [2.45, 2.75) is 45.1 Å². The number of hydrogen-bond donors (Lipinski definition) is 1. The van der Waals surface area contributed by atoms with Crippen LogP contribution in [-0.4, -0.2) is 16.0 Å². The monoisotopic (exact) mass is 441 g/mol. The highest BCUT2D eigenvalue weighted by Gasteiger charge is 2.22. The average molecular weight is 442 g/mol. The van der Waals surface area contributed by atoms with E-state index in [1.54, 1.807) is 0 Å². The third-order valence-corrected chi connectivity index (χ3v) is 4.88. The Hall–Kier alpha value is -2.47. The topological polar surface area (TPSA) is 68.0 Å². The van der Waals surface area contributed by atoms with E-state index in [0.717, 1.165) is 15.6 Å². The average Bonchev–Trinajstić information content (AvgIpc) is 3.16. The molecule has 5 nitrogen and oxygen atoms in total. The van der Waals surface area contributed by atoms with Crippen molar-refractivity contribution in [3.05, 3.63) is 81.9 Å². The molecular weight excluding hydrogens is 418 g/mol. The van der Waals surface area contributed by atoms with Gasteiger partial charge >= 0.3 is 0 Å². The highest BCUT2D eigenvalue weighted by atomic mass is 79.9. The number of halogens is 1. The minimum absolute atomic E-state index is 0.0627. The lowest BCUT2D eigenvalue weighted by Gasteiger charge is -2.20. The lowest BCUT2D eigenvalue weighted by Crippen LogP contribution is -2.29. The summed E-state index contributed by atoms with van der Waals surface area (Å²) in [5.41, 5.74) is 1.88. The van der Waals surface area contributed by atoms with Crippen molar-refractivity contribution in [1.29, 1.82) is 0 Å². The molecule has 0 saturated heterocycles. The lowest BCUT2D eigenvalue weighted by molar-refractivity contribution is -0.121. The van der Waals surface area contributed by atoms with E-state index in [1.165, 1.54) is 0 Å².